The molecule has 0 saturated carbocycles. The molecule has 0 spiro atoms. The number of ether oxygens (including phenoxy) is 1. The third kappa shape index (κ3) is 6.56. The fourth-order valence-corrected chi connectivity index (χ4v) is 4.22. The number of guanidine groups is 1. The van der Waals surface area contributed by atoms with Gasteiger partial charge >= 0.3 is 0 Å². The van der Waals surface area contributed by atoms with Gasteiger partial charge in [0, 0.05) is 31.1 Å². The average molecular weight is 387 g/mol. The second kappa shape index (κ2) is 10.3. The quantitative estimate of drug-likeness (QED) is 0.540. The molecule has 0 bridgehead atoms. The summed E-state index contributed by atoms with van der Waals surface area (Å²) in [5.41, 5.74) is 7.31. The van der Waals surface area contributed by atoms with Crippen LogP contribution < -0.4 is 15.8 Å². The number of hydrogen-bond donors (Lipinski definition) is 2. The van der Waals surface area contributed by atoms with Crippen LogP contribution in [0.5, 0.6) is 5.75 Å². The molecule has 1 aromatic heterocycles. The van der Waals surface area contributed by atoms with Gasteiger partial charge in [-0.3, -0.25) is 9.89 Å². The van der Waals surface area contributed by atoms with Crippen molar-refractivity contribution in [3.05, 3.63) is 52.2 Å². The standard InChI is InChI=1S/C21H30N4OS/c1-26-19-8-6-17(7-9-19)10-11-23-21(22)24-14-18-4-2-12-25(15-18)16-20-5-3-13-27-20/h3,5-9,13,18H,2,4,10-12,14-16H2,1H3,(H3,22,23,24). The maximum Gasteiger partial charge on any atom is 0.188 e. The topological polar surface area (TPSA) is 62.9 Å². The Morgan fingerprint density at radius 3 is 2.93 bits per heavy atom. The summed E-state index contributed by atoms with van der Waals surface area (Å²) in [7, 11) is 1.68. The van der Waals surface area contributed by atoms with E-state index in [9.17, 15) is 0 Å². The lowest BCUT2D eigenvalue weighted by Gasteiger charge is -2.31. The number of piperidine rings is 1. The summed E-state index contributed by atoms with van der Waals surface area (Å²) >= 11 is 1.84. The van der Waals surface area contributed by atoms with Crippen LogP contribution in [0.3, 0.4) is 0 Å². The highest BCUT2D eigenvalue weighted by atomic mass is 32.1. The van der Waals surface area contributed by atoms with Crippen molar-refractivity contribution in [3.8, 4) is 5.75 Å². The Labute approximate surface area is 166 Å². The fourth-order valence-electron chi connectivity index (χ4n) is 3.48. The van der Waals surface area contributed by atoms with Crippen LogP contribution in [-0.4, -0.2) is 44.1 Å². The monoisotopic (exact) mass is 386 g/mol. The molecule has 0 aliphatic carbocycles. The second-order valence-corrected chi connectivity index (χ2v) is 8.11. The van der Waals surface area contributed by atoms with Crippen molar-refractivity contribution >= 4 is 17.3 Å². The third-order valence-electron chi connectivity index (χ3n) is 4.96. The lowest BCUT2D eigenvalue weighted by atomic mass is 9.98. The second-order valence-electron chi connectivity index (χ2n) is 7.07. The summed E-state index contributed by atoms with van der Waals surface area (Å²) in [6.45, 7) is 4.96. The molecule has 1 aliphatic heterocycles. The van der Waals surface area contributed by atoms with Crippen LogP contribution in [0.2, 0.25) is 0 Å². The van der Waals surface area contributed by atoms with Crippen molar-refractivity contribution in [1.29, 1.82) is 0 Å². The van der Waals surface area contributed by atoms with Crippen molar-refractivity contribution in [2.75, 3.05) is 33.3 Å². The maximum absolute atomic E-state index is 6.05. The van der Waals surface area contributed by atoms with E-state index in [1.165, 1.54) is 29.8 Å². The van der Waals surface area contributed by atoms with Crippen LogP contribution in [0.1, 0.15) is 23.3 Å². The van der Waals surface area contributed by atoms with Crippen LogP contribution in [0.4, 0.5) is 0 Å². The van der Waals surface area contributed by atoms with E-state index in [-0.39, 0.29) is 0 Å². The summed E-state index contributed by atoms with van der Waals surface area (Å²) in [6, 6.07) is 12.5. The summed E-state index contributed by atoms with van der Waals surface area (Å²) in [5.74, 6) is 2.04. The molecule has 3 N–H and O–H groups in total. The van der Waals surface area contributed by atoms with Gasteiger partial charge in [-0.05, 0) is 60.9 Å². The largest absolute Gasteiger partial charge is 0.497 e. The number of nitrogens with zero attached hydrogens (tertiary/aromatic N) is 2. The first kappa shape index (κ1) is 19.7. The molecular formula is C21H30N4OS. The smallest absolute Gasteiger partial charge is 0.188 e. The number of thiophene rings is 1. The predicted molar refractivity (Wildman–Crippen MR) is 114 cm³/mol. The third-order valence-corrected chi connectivity index (χ3v) is 5.82. The number of benzene rings is 1. The molecule has 3 rings (SSSR count). The van der Waals surface area contributed by atoms with E-state index < -0.39 is 0 Å². The van der Waals surface area contributed by atoms with Gasteiger partial charge in [0.15, 0.2) is 5.96 Å². The van der Waals surface area contributed by atoms with Crippen molar-refractivity contribution in [1.82, 2.24) is 10.2 Å². The zero-order valence-corrected chi connectivity index (χ0v) is 16.9. The highest BCUT2D eigenvalue weighted by molar-refractivity contribution is 7.09. The molecule has 27 heavy (non-hydrogen) atoms. The first-order valence-electron chi connectivity index (χ1n) is 9.64. The summed E-state index contributed by atoms with van der Waals surface area (Å²) in [4.78, 5) is 8.56. The van der Waals surface area contributed by atoms with Crippen LogP contribution in [-0.2, 0) is 13.0 Å². The van der Waals surface area contributed by atoms with E-state index in [1.54, 1.807) is 7.11 Å². The molecule has 0 amide bonds. The highest BCUT2D eigenvalue weighted by Crippen LogP contribution is 2.20. The Kier molecular flexibility index (Phi) is 7.54. The van der Waals surface area contributed by atoms with E-state index in [0.29, 0.717) is 11.9 Å². The number of aliphatic imine (C=N–C) groups is 1. The van der Waals surface area contributed by atoms with Crippen LogP contribution in [0, 0.1) is 5.92 Å². The van der Waals surface area contributed by atoms with Gasteiger partial charge < -0.3 is 15.8 Å². The fraction of sp³-hybridized carbons (Fsp3) is 0.476. The van der Waals surface area contributed by atoms with Gasteiger partial charge in [0.2, 0.25) is 0 Å². The van der Waals surface area contributed by atoms with E-state index in [2.05, 4.69) is 44.9 Å². The van der Waals surface area contributed by atoms with E-state index in [0.717, 1.165) is 38.3 Å². The molecule has 6 heteroatoms. The Bertz CT molecular complexity index is 699. The molecule has 0 radical (unpaired) electrons. The number of likely N-dealkylation sites (tertiary alicyclic amines) is 1. The van der Waals surface area contributed by atoms with Crippen LogP contribution in [0.25, 0.3) is 0 Å². The van der Waals surface area contributed by atoms with Crippen LogP contribution in [0.15, 0.2) is 46.8 Å². The maximum atomic E-state index is 6.05. The van der Waals surface area contributed by atoms with Crippen molar-refractivity contribution in [2.24, 2.45) is 16.6 Å². The molecule has 1 saturated heterocycles. The van der Waals surface area contributed by atoms with Crippen molar-refractivity contribution in [2.45, 2.75) is 25.8 Å². The molecule has 1 unspecified atom stereocenters. The molecular weight excluding hydrogens is 356 g/mol. The molecule has 1 fully saturated rings. The number of nitrogens with two attached hydrogens (primary N) is 1. The molecule has 5 nitrogen and oxygen atoms in total. The van der Waals surface area contributed by atoms with E-state index >= 15 is 0 Å². The van der Waals surface area contributed by atoms with Gasteiger partial charge in [-0.1, -0.05) is 18.2 Å². The minimum Gasteiger partial charge on any atom is -0.497 e. The average Bonchev–Trinajstić information content (AvgIpc) is 3.20. The molecule has 2 aromatic rings. The zero-order valence-electron chi connectivity index (χ0n) is 16.1. The Morgan fingerprint density at radius 1 is 1.33 bits per heavy atom. The molecule has 146 valence electrons. The molecule has 1 aromatic carbocycles. The SMILES string of the molecule is COc1ccc(CCNC(N)=NCC2CCCN(Cc3cccs3)C2)cc1. The Morgan fingerprint density at radius 2 is 2.19 bits per heavy atom. The lowest BCUT2D eigenvalue weighted by molar-refractivity contribution is 0.172. The summed E-state index contributed by atoms with van der Waals surface area (Å²) < 4.78 is 5.18. The van der Waals surface area contributed by atoms with Gasteiger partial charge in [-0.25, -0.2) is 0 Å². The van der Waals surface area contributed by atoms with Crippen molar-refractivity contribution < 1.29 is 4.74 Å². The highest BCUT2D eigenvalue weighted by Gasteiger charge is 2.19. The number of methoxy groups -OCH3 is 1. The summed E-state index contributed by atoms with van der Waals surface area (Å²) in [6.07, 6.45) is 3.40. The van der Waals surface area contributed by atoms with Gasteiger partial charge in [0.05, 0.1) is 7.11 Å². The minimum absolute atomic E-state index is 0.555. The zero-order chi connectivity index (χ0) is 18.9. The normalized spacial score (nSPS) is 18.4. The Hall–Kier alpha value is -2.05. The first-order valence-corrected chi connectivity index (χ1v) is 10.5. The van der Waals surface area contributed by atoms with E-state index in [1.807, 2.05) is 23.5 Å². The van der Waals surface area contributed by atoms with Crippen LogP contribution >= 0.6 is 11.3 Å². The Balaban J connectivity index is 1.37. The van der Waals surface area contributed by atoms with E-state index in [4.69, 9.17) is 10.5 Å². The summed E-state index contributed by atoms with van der Waals surface area (Å²) in [5, 5.41) is 5.38. The first-order chi connectivity index (χ1) is 13.2. The van der Waals surface area contributed by atoms with Gasteiger partial charge in [0.25, 0.3) is 0 Å². The van der Waals surface area contributed by atoms with Gasteiger partial charge in [-0.2, -0.15) is 0 Å². The van der Waals surface area contributed by atoms with Crippen molar-refractivity contribution in [3.63, 3.8) is 0 Å². The van der Waals surface area contributed by atoms with Gasteiger partial charge in [0.1, 0.15) is 5.75 Å². The molecule has 1 aliphatic rings. The minimum atomic E-state index is 0.555. The number of rotatable bonds is 8. The molecule has 1 atom stereocenters. The number of hydrogen-bond acceptors (Lipinski definition) is 4. The lowest BCUT2D eigenvalue weighted by Crippen LogP contribution is -2.37. The number of nitrogens with one attached hydrogen (secondary N) is 1. The molecule has 2 heterocycles. The predicted octanol–water partition coefficient (Wildman–Crippen LogP) is 3.12. The van der Waals surface area contributed by atoms with Gasteiger partial charge in [-0.15, -0.1) is 11.3 Å².